The van der Waals surface area contributed by atoms with Gasteiger partial charge in [0.1, 0.15) is 5.75 Å². The van der Waals surface area contributed by atoms with Gasteiger partial charge in [0.2, 0.25) is 5.91 Å². The molecule has 1 aromatic heterocycles. The van der Waals surface area contributed by atoms with E-state index in [1.54, 1.807) is 7.11 Å². The SMILES string of the molecule is COc1ccc2[nH]cc(CC(=O)N(C)[C@H]3CC[C@H](N)CC3)c2c1. The Morgan fingerprint density at radius 1 is 1.35 bits per heavy atom. The Labute approximate surface area is 136 Å². The maximum Gasteiger partial charge on any atom is 0.227 e. The lowest BCUT2D eigenvalue weighted by atomic mass is 9.91. The predicted molar refractivity (Wildman–Crippen MR) is 91.6 cm³/mol. The highest BCUT2D eigenvalue weighted by molar-refractivity contribution is 5.89. The van der Waals surface area contributed by atoms with Crippen LogP contribution in [0.4, 0.5) is 0 Å². The molecule has 2 aromatic rings. The van der Waals surface area contributed by atoms with Crippen molar-refractivity contribution in [2.45, 2.75) is 44.2 Å². The molecule has 5 heteroatoms. The van der Waals surface area contributed by atoms with E-state index in [1.807, 2.05) is 36.3 Å². The lowest BCUT2D eigenvalue weighted by Crippen LogP contribution is -2.42. The fourth-order valence-electron chi connectivity index (χ4n) is 3.41. The number of carbonyl (C=O) groups is 1. The number of nitrogens with two attached hydrogens (primary N) is 1. The molecule has 3 N–H and O–H groups in total. The molecule has 0 bridgehead atoms. The third kappa shape index (κ3) is 3.34. The summed E-state index contributed by atoms with van der Waals surface area (Å²) < 4.78 is 5.28. The number of hydrogen-bond donors (Lipinski definition) is 2. The first-order valence-electron chi connectivity index (χ1n) is 8.23. The number of carbonyl (C=O) groups excluding carboxylic acids is 1. The van der Waals surface area contributed by atoms with Gasteiger partial charge in [-0.2, -0.15) is 0 Å². The maximum absolute atomic E-state index is 12.6. The summed E-state index contributed by atoms with van der Waals surface area (Å²) in [5.41, 5.74) is 8.00. The first kappa shape index (κ1) is 15.9. The van der Waals surface area contributed by atoms with Crippen molar-refractivity contribution in [3.63, 3.8) is 0 Å². The Kier molecular flexibility index (Phi) is 4.57. The Balaban J connectivity index is 1.72. The molecule has 0 saturated heterocycles. The van der Waals surface area contributed by atoms with Crippen molar-refractivity contribution in [1.29, 1.82) is 0 Å². The molecule has 124 valence electrons. The molecule has 3 rings (SSSR count). The van der Waals surface area contributed by atoms with Crippen LogP contribution in [0.15, 0.2) is 24.4 Å². The largest absolute Gasteiger partial charge is 0.497 e. The molecule has 0 aliphatic heterocycles. The first-order chi connectivity index (χ1) is 11.1. The number of H-pyrrole nitrogens is 1. The molecule has 1 aliphatic carbocycles. The first-order valence-corrected chi connectivity index (χ1v) is 8.23. The lowest BCUT2D eigenvalue weighted by molar-refractivity contribution is -0.131. The molecule has 1 amide bonds. The Morgan fingerprint density at radius 3 is 2.78 bits per heavy atom. The van der Waals surface area contributed by atoms with Crippen LogP contribution in [0.1, 0.15) is 31.2 Å². The monoisotopic (exact) mass is 315 g/mol. The van der Waals surface area contributed by atoms with Gasteiger partial charge in [0.15, 0.2) is 0 Å². The lowest BCUT2D eigenvalue weighted by Gasteiger charge is -2.33. The van der Waals surface area contributed by atoms with Gasteiger partial charge in [0, 0.05) is 36.2 Å². The highest BCUT2D eigenvalue weighted by Crippen LogP contribution is 2.26. The molecule has 0 atom stereocenters. The van der Waals surface area contributed by atoms with Crippen LogP contribution >= 0.6 is 0 Å². The number of methoxy groups -OCH3 is 1. The zero-order valence-corrected chi connectivity index (χ0v) is 13.8. The Hall–Kier alpha value is -2.01. The van der Waals surface area contributed by atoms with Crippen LogP contribution in [0.5, 0.6) is 5.75 Å². The van der Waals surface area contributed by atoms with Gasteiger partial charge in [-0.1, -0.05) is 0 Å². The van der Waals surface area contributed by atoms with Crippen molar-refractivity contribution < 1.29 is 9.53 Å². The Bertz CT molecular complexity index is 687. The summed E-state index contributed by atoms with van der Waals surface area (Å²) >= 11 is 0. The average Bonchev–Trinajstić information content (AvgIpc) is 2.97. The topological polar surface area (TPSA) is 71.4 Å². The summed E-state index contributed by atoms with van der Waals surface area (Å²) in [4.78, 5) is 17.8. The number of nitrogens with zero attached hydrogens (tertiary/aromatic N) is 1. The molecular formula is C18H25N3O2. The van der Waals surface area contributed by atoms with E-state index in [4.69, 9.17) is 10.5 Å². The number of ether oxygens (including phenoxy) is 1. The van der Waals surface area contributed by atoms with E-state index in [0.29, 0.717) is 18.5 Å². The second-order valence-electron chi connectivity index (χ2n) is 6.48. The molecule has 23 heavy (non-hydrogen) atoms. The molecule has 0 unspecified atom stereocenters. The zero-order chi connectivity index (χ0) is 16.4. The van der Waals surface area contributed by atoms with E-state index in [2.05, 4.69) is 4.98 Å². The normalized spacial score (nSPS) is 21.3. The van der Waals surface area contributed by atoms with Gasteiger partial charge >= 0.3 is 0 Å². The van der Waals surface area contributed by atoms with Crippen LogP contribution in [0, 0.1) is 0 Å². The van der Waals surface area contributed by atoms with E-state index in [0.717, 1.165) is 47.9 Å². The summed E-state index contributed by atoms with van der Waals surface area (Å²) in [6, 6.07) is 6.50. The van der Waals surface area contributed by atoms with Crippen molar-refractivity contribution in [2.24, 2.45) is 5.73 Å². The number of rotatable bonds is 4. The third-order valence-corrected chi connectivity index (χ3v) is 5.00. The second kappa shape index (κ2) is 6.62. The summed E-state index contributed by atoms with van der Waals surface area (Å²) in [5, 5.41) is 1.05. The number of aromatic nitrogens is 1. The zero-order valence-electron chi connectivity index (χ0n) is 13.8. The highest BCUT2D eigenvalue weighted by Gasteiger charge is 2.25. The fourth-order valence-corrected chi connectivity index (χ4v) is 3.41. The van der Waals surface area contributed by atoms with Crippen molar-refractivity contribution >= 4 is 16.8 Å². The van der Waals surface area contributed by atoms with E-state index in [9.17, 15) is 4.79 Å². The number of fused-ring (bicyclic) bond motifs is 1. The summed E-state index contributed by atoms with van der Waals surface area (Å²) in [5.74, 6) is 0.967. The van der Waals surface area contributed by atoms with E-state index in [-0.39, 0.29) is 5.91 Å². The van der Waals surface area contributed by atoms with E-state index >= 15 is 0 Å². The van der Waals surface area contributed by atoms with Crippen LogP contribution in [0.2, 0.25) is 0 Å². The second-order valence-corrected chi connectivity index (χ2v) is 6.48. The number of benzene rings is 1. The van der Waals surface area contributed by atoms with Crippen molar-refractivity contribution in [3.8, 4) is 5.75 Å². The molecule has 1 aliphatic rings. The van der Waals surface area contributed by atoms with Gasteiger partial charge in [-0.3, -0.25) is 4.79 Å². The quantitative estimate of drug-likeness (QED) is 0.910. The van der Waals surface area contributed by atoms with Crippen LogP contribution in [0.3, 0.4) is 0 Å². The number of hydrogen-bond acceptors (Lipinski definition) is 3. The minimum atomic E-state index is 0.161. The number of amides is 1. The van der Waals surface area contributed by atoms with Crippen LogP contribution in [0.25, 0.3) is 10.9 Å². The molecule has 1 fully saturated rings. The van der Waals surface area contributed by atoms with E-state index in [1.165, 1.54) is 0 Å². The van der Waals surface area contributed by atoms with Crippen LogP contribution in [-0.4, -0.2) is 42.0 Å². The standard InChI is InChI=1S/C18H25N3O2/c1-21(14-5-3-13(19)4-6-14)18(22)9-12-11-20-17-8-7-15(23-2)10-16(12)17/h7-8,10-11,13-14,20H,3-6,9,19H2,1-2H3/t13-,14-. The van der Waals surface area contributed by atoms with Crippen LogP contribution in [-0.2, 0) is 11.2 Å². The average molecular weight is 315 g/mol. The van der Waals surface area contributed by atoms with Gasteiger partial charge in [0.05, 0.1) is 13.5 Å². The van der Waals surface area contributed by atoms with Gasteiger partial charge < -0.3 is 20.4 Å². The van der Waals surface area contributed by atoms with Gasteiger partial charge in [-0.05, 0) is 49.4 Å². The van der Waals surface area contributed by atoms with Gasteiger partial charge in [0.25, 0.3) is 0 Å². The predicted octanol–water partition coefficient (Wildman–Crippen LogP) is 2.45. The van der Waals surface area contributed by atoms with Crippen molar-refractivity contribution in [2.75, 3.05) is 14.2 Å². The maximum atomic E-state index is 12.6. The van der Waals surface area contributed by atoms with Crippen LogP contribution < -0.4 is 10.5 Å². The number of nitrogens with one attached hydrogen (secondary N) is 1. The summed E-state index contributed by atoms with van der Waals surface area (Å²) in [6.07, 6.45) is 6.36. The Morgan fingerprint density at radius 2 is 2.09 bits per heavy atom. The highest BCUT2D eigenvalue weighted by atomic mass is 16.5. The van der Waals surface area contributed by atoms with Gasteiger partial charge in [-0.25, -0.2) is 0 Å². The molecule has 1 saturated carbocycles. The minimum absolute atomic E-state index is 0.161. The minimum Gasteiger partial charge on any atom is -0.497 e. The number of likely N-dealkylation sites (N-methyl/N-ethyl adjacent to an activating group) is 1. The molecule has 5 nitrogen and oxygen atoms in total. The van der Waals surface area contributed by atoms with E-state index < -0.39 is 0 Å². The van der Waals surface area contributed by atoms with Gasteiger partial charge in [-0.15, -0.1) is 0 Å². The fraction of sp³-hybridized carbons (Fsp3) is 0.500. The van der Waals surface area contributed by atoms with Crippen molar-refractivity contribution in [1.82, 2.24) is 9.88 Å². The molecule has 1 aromatic carbocycles. The summed E-state index contributed by atoms with van der Waals surface area (Å²) in [6.45, 7) is 0. The molecular weight excluding hydrogens is 290 g/mol. The number of aromatic amines is 1. The summed E-state index contributed by atoms with van der Waals surface area (Å²) in [7, 11) is 3.57. The molecule has 0 radical (unpaired) electrons. The van der Waals surface area contributed by atoms with Crippen molar-refractivity contribution in [3.05, 3.63) is 30.0 Å². The smallest absolute Gasteiger partial charge is 0.227 e. The molecule has 0 spiro atoms. The molecule has 1 heterocycles. The third-order valence-electron chi connectivity index (χ3n) is 5.00.